The predicted octanol–water partition coefficient (Wildman–Crippen LogP) is -7.07. The first kappa shape index (κ1) is 103. The third-order valence-corrected chi connectivity index (χ3v) is 21.0. The van der Waals surface area contributed by atoms with Crippen molar-refractivity contribution in [2.75, 3.05) is 57.3 Å². The van der Waals surface area contributed by atoms with Gasteiger partial charge < -0.3 is 127 Å². The Bertz CT molecular complexity index is 4480. The van der Waals surface area contributed by atoms with Gasteiger partial charge in [-0.25, -0.2) is 9.78 Å². The standard InChI is InChI=1S/C81H115N23O21S2/c1-43(2)30-53(72(116)99-57(33-48-21-23-50(106)24-22-48)79(123)104-29-12-19-60(104)77(121)101-58(40-126)75(119)93-44(3)68(112)91-39-66(111)103-28-13-20-61(103)80(124)125)94-64(109)37-88-63(108)36-89-70(114)54(31-46-14-7-5-8-15-46)97-74(118)56(34-49-35-86-42-92-49)95-65(110)38-90-78(122)67(45(4)105)102-76(120)59(41-127)100-73(117)55(32-47-16-9-6-10-17-47)98-71(115)52(18-11-27-87-81(84)85)96-69(113)51(82)25-26-62(83)107/h5-10,14-17,21-24,35,42-45,51-61,67,105-106,126-127H,11-13,18-20,25-34,36-41,82H2,1-4H3,(H2,83,107)(H,86,92)(H,88,108)(H,89,114)(H,90,122)(H,91,112)(H,93,119)(H,94,109)(H,95,110)(H,96,113)(H,97,118)(H,98,115)(H,99,116)(H,100,117)(H,101,121)(H,102,120)(H,124,125)(H4,84,85,87)/t44-,45+,51-,52-,53-,54-,55-,56-,57-,58-,59-,60-,61-,67-/m0/s1. The molecular weight excluding hydrogens is 1700 g/mol. The molecule has 2 fully saturated rings. The van der Waals surface area contributed by atoms with Gasteiger partial charge in [-0.2, -0.15) is 25.3 Å². The number of aromatic amines is 1. The number of amides is 17. The predicted molar refractivity (Wildman–Crippen MR) is 463 cm³/mol. The fraction of sp³-hybridized carbons (Fsp3) is 0.506. The minimum Gasteiger partial charge on any atom is -0.508 e. The van der Waals surface area contributed by atoms with Crippen LogP contribution in [0.25, 0.3) is 0 Å². The van der Waals surface area contributed by atoms with Crippen LogP contribution in [-0.2, 0) is 112 Å². The van der Waals surface area contributed by atoms with Crippen molar-refractivity contribution in [1.82, 2.24) is 99.5 Å². The summed E-state index contributed by atoms with van der Waals surface area (Å²) < 4.78 is 0. The maximum Gasteiger partial charge on any atom is 0.326 e. The fourth-order valence-corrected chi connectivity index (χ4v) is 14.1. The zero-order valence-electron chi connectivity index (χ0n) is 70.6. The van der Waals surface area contributed by atoms with E-state index < -0.39 is 223 Å². The molecule has 0 bridgehead atoms. The number of carbonyl (C=O) groups is 18. The molecule has 46 heteroatoms. The van der Waals surface area contributed by atoms with Gasteiger partial charge in [0, 0.05) is 75.1 Å². The van der Waals surface area contributed by atoms with Gasteiger partial charge in [-0.15, -0.1) is 0 Å². The molecule has 14 atom stereocenters. The number of nitrogens with zero attached hydrogens (tertiary/aromatic N) is 3. The molecule has 17 amide bonds. The van der Waals surface area contributed by atoms with Crippen LogP contribution in [-0.4, -0.2) is 289 Å². The molecule has 1 aromatic heterocycles. The van der Waals surface area contributed by atoms with Crippen LogP contribution in [0, 0.1) is 11.3 Å². The maximum atomic E-state index is 14.8. The highest BCUT2D eigenvalue weighted by molar-refractivity contribution is 7.80. The number of aliphatic carboxylic acids is 1. The van der Waals surface area contributed by atoms with E-state index in [4.69, 9.17) is 22.6 Å². The first-order chi connectivity index (χ1) is 60.3. The van der Waals surface area contributed by atoms with Crippen molar-refractivity contribution in [3.8, 4) is 5.75 Å². The Morgan fingerprint density at radius 1 is 0.504 bits per heavy atom. The third-order valence-electron chi connectivity index (χ3n) is 20.3. The molecule has 6 rings (SSSR count). The lowest BCUT2D eigenvalue weighted by Crippen LogP contribution is -2.61. The Morgan fingerprint density at radius 3 is 1.55 bits per heavy atom. The van der Waals surface area contributed by atoms with Crippen LogP contribution in [0.1, 0.15) is 108 Å². The van der Waals surface area contributed by atoms with E-state index in [9.17, 15) is 102 Å². The molecule has 4 aromatic rings. The number of thiol groups is 2. The molecule has 0 aliphatic carbocycles. The van der Waals surface area contributed by atoms with Gasteiger partial charge in [0.25, 0.3) is 0 Å². The van der Waals surface area contributed by atoms with E-state index in [1.54, 1.807) is 74.5 Å². The summed E-state index contributed by atoms with van der Waals surface area (Å²) in [6.07, 6.45) is 0.978. The van der Waals surface area contributed by atoms with Crippen LogP contribution in [0.15, 0.2) is 97.5 Å². The van der Waals surface area contributed by atoms with E-state index in [1.807, 2.05) is 0 Å². The molecule has 3 heterocycles. The molecular formula is C81H115N23O21S2. The number of benzene rings is 3. The molecule has 26 N–H and O–H groups in total. The Labute approximate surface area is 742 Å². The van der Waals surface area contributed by atoms with Gasteiger partial charge in [0.05, 0.1) is 44.7 Å². The average molecular weight is 1810 g/mol. The van der Waals surface area contributed by atoms with Crippen molar-refractivity contribution >= 4 is 138 Å². The van der Waals surface area contributed by atoms with Gasteiger partial charge in [-0.1, -0.05) is 86.6 Å². The number of aliphatic hydroxyl groups excluding tert-OH is 1. The van der Waals surface area contributed by atoms with Crippen molar-refractivity contribution in [3.05, 3.63) is 120 Å². The number of primary amides is 1. The number of aromatic hydroxyl groups is 1. The molecule has 2 aliphatic heterocycles. The van der Waals surface area contributed by atoms with E-state index in [2.05, 4.69) is 115 Å². The molecule has 44 nitrogen and oxygen atoms in total. The minimum absolute atomic E-state index is 0.00603. The number of nitrogens with two attached hydrogens (primary N) is 3. The van der Waals surface area contributed by atoms with Crippen LogP contribution < -0.4 is 97.0 Å². The number of carboxylic acids is 1. The zero-order chi connectivity index (χ0) is 93.6. The van der Waals surface area contributed by atoms with Crippen LogP contribution in [0.3, 0.4) is 0 Å². The second kappa shape index (κ2) is 52.1. The quantitative estimate of drug-likeness (QED) is 0.00845. The molecule has 0 saturated carbocycles. The summed E-state index contributed by atoms with van der Waals surface area (Å²) in [6.45, 7) is 3.32. The Hall–Kier alpha value is -13.0. The van der Waals surface area contributed by atoms with Gasteiger partial charge in [-0.05, 0) is 100.0 Å². The van der Waals surface area contributed by atoms with Gasteiger partial charge >= 0.3 is 5.97 Å². The maximum absolute atomic E-state index is 14.8. The van der Waals surface area contributed by atoms with Gasteiger partial charge in [-0.3, -0.25) is 86.9 Å². The van der Waals surface area contributed by atoms with Gasteiger partial charge in [0.1, 0.15) is 78.3 Å². The minimum atomic E-state index is -1.82. The smallest absolute Gasteiger partial charge is 0.326 e. The molecule has 692 valence electrons. The van der Waals surface area contributed by atoms with E-state index >= 15 is 0 Å². The Morgan fingerprint density at radius 2 is 0.984 bits per heavy atom. The zero-order valence-corrected chi connectivity index (χ0v) is 72.4. The number of aromatic nitrogens is 2. The highest BCUT2D eigenvalue weighted by Crippen LogP contribution is 2.23. The van der Waals surface area contributed by atoms with E-state index in [0.717, 1.165) is 11.8 Å². The number of hydrogen-bond donors (Lipinski definition) is 25. The van der Waals surface area contributed by atoms with Crippen molar-refractivity contribution < 1.29 is 102 Å². The lowest BCUT2D eigenvalue weighted by Gasteiger charge is -2.31. The normalized spacial score (nSPS) is 16.3. The third kappa shape index (κ3) is 34.8. The number of imidazole rings is 1. The molecule has 3 aromatic carbocycles. The van der Waals surface area contributed by atoms with Crippen molar-refractivity contribution in [1.29, 1.82) is 5.41 Å². The summed E-state index contributed by atoms with van der Waals surface area (Å²) >= 11 is 8.51. The molecule has 127 heavy (non-hydrogen) atoms. The number of aliphatic hydroxyl groups is 1. The lowest BCUT2D eigenvalue weighted by molar-refractivity contribution is -0.148. The monoisotopic (exact) mass is 1810 g/mol. The summed E-state index contributed by atoms with van der Waals surface area (Å²) in [5.41, 5.74) is 18.5. The number of carbonyl (C=O) groups excluding carboxylic acids is 17. The topological polar surface area (TPSA) is 685 Å². The fourth-order valence-electron chi connectivity index (χ4n) is 13.5. The number of hydrogen-bond acceptors (Lipinski definition) is 25. The highest BCUT2D eigenvalue weighted by Gasteiger charge is 2.42. The largest absolute Gasteiger partial charge is 0.508 e. The SMILES string of the molecule is CC(C)C[C@H](NC(=O)CNC(=O)CNC(=O)[C@H](Cc1ccccc1)NC(=O)[C@H](Cc1cnc[nH]1)NC(=O)CNC(=O)[C@@H](NC(=O)[C@H](CS)NC(=O)[C@H](Cc1ccccc1)NC(=O)[C@H](CCCNC(=N)N)NC(=O)[C@@H](N)CCC(N)=O)[C@@H](C)O)C(=O)N[C@@H](Cc1ccc(O)cc1)C(=O)N1CCC[C@H]1C(=O)N[C@@H](CS)C(=O)N[C@@H](C)C(=O)NCC(=O)N1CCC[C@H]1C(=O)O. The summed E-state index contributed by atoms with van der Waals surface area (Å²) in [5.74, 6) is -17.5. The van der Waals surface area contributed by atoms with Gasteiger partial charge in [0.2, 0.25) is 100 Å². The second-order valence-corrected chi connectivity index (χ2v) is 31.6. The average Bonchev–Trinajstić information content (AvgIpc) is 1.72. The van der Waals surface area contributed by atoms with E-state index in [0.29, 0.717) is 35.2 Å². The number of guanidine groups is 1. The molecule has 0 spiro atoms. The number of carboxylic acid groups (broad SMARTS) is 1. The van der Waals surface area contributed by atoms with Crippen molar-refractivity contribution in [2.45, 2.75) is 196 Å². The number of nitrogens with one attached hydrogen (secondary N) is 17. The van der Waals surface area contributed by atoms with Crippen LogP contribution in [0.4, 0.5) is 0 Å². The van der Waals surface area contributed by atoms with E-state index in [1.165, 1.54) is 48.6 Å². The van der Waals surface area contributed by atoms with Crippen molar-refractivity contribution in [2.24, 2.45) is 23.1 Å². The molecule has 2 aliphatic rings. The number of phenols is 1. The first-order valence-corrected chi connectivity index (χ1v) is 42.4. The van der Waals surface area contributed by atoms with Crippen molar-refractivity contribution in [3.63, 3.8) is 0 Å². The van der Waals surface area contributed by atoms with Crippen LogP contribution in [0.5, 0.6) is 5.75 Å². The summed E-state index contributed by atoms with van der Waals surface area (Å²) in [7, 11) is 0. The van der Waals surface area contributed by atoms with Crippen LogP contribution in [0.2, 0.25) is 0 Å². The Balaban J connectivity index is 1.06. The second-order valence-electron chi connectivity index (χ2n) is 30.9. The molecule has 0 radical (unpaired) electrons. The van der Waals surface area contributed by atoms with Gasteiger partial charge in [0.15, 0.2) is 5.96 Å². The highest BCUT2D eigenvalue weighted by atomic mass is 32.1. The number of likely N-dealkylation sites (tertiary alicyclic amines) is 2. The summed E-state index contributed by atoms with van der Waals surface area (Å²) in [5, 5.41) is 75.5. The summed E-state index contributed by atoms with van der Waals surface area (Å²) in [6, 6.07) is 4.35. The summed E-state index contributed by atoms with van der Waals surface area (Å²) in [4.78, 5) is 254. The van der Waals surface area contributed by atoms with E-state index in [-0.39, 0.29) is 114 Å². The first-order valence-electron chi connectivity index (χ1n) is 41.1. The lowest BCUT2D eigenvalue weighted by atomic mass is 10.0. The number of H-pyrrole nitrogens is 1. The Kier molecular flexibility index (Phi) is 42.2. The molecule has 0 unspecified atom stereocenters. The number of phenolic OH excluding ortho intramolecular Hbond substituents is 1. The molecule has 2 saturated heterocycles. The number of rotatable bonds is 51. The van der Waals surface area contributed by atoms with Crippen LogP contribution >= 0.6 is 25.3 Å².